The van der Waals surface area contributed by atoms with E-state index in [2.05, 4.69) is 18.7 Å². The van der Waals surface area contributed by atoms with Gasteiger partial charge in [-0.25, -0.2) is 0 Å². The average molecular weight is 226 g/mol. The summed E-state index contributed by atoms with van der Waals surface area (Å²) < 4.78 is 5.65. The molecule has 0 aromatic carbocycles. The van der Waals surface area contributed by atoms with E-state index in [-0.39, 0.29) is 0 Å². The maximum Gasteiger partial charge on any atom is 0.0604 e. The van der Waals surface area contributed by atoms with Crippen LogP contribution < -0.4 is 5.73 Å². The number of piperidine rings is 1. The molecule has 0 amide bonds. The first-order valence-corrected chi connectivity index (χ1v) is 6.85. The predicted octanol–water partition coefficient (Wildman–Crippen LogP) is 1.76. The standard InChI is InChI=1S/C13H26N2O/c1-3-16-13-7-12(8-13)15-10(2)5-4-6-11(15)9-14/h10-13H,3-9,14H2,1-2H3. The molecule has 1 aliphatic heterocycles. The normalized spacial score (nSPS) is 40.7. The molecule has 1 saturated carbocycles. The highest BCUT2D eigenvalue weighted by Gasteiger charge is 2.40. The van der Waals surface area contributed by atoms with Crippen molar-refractivity contribution in [2.45, 2.75) is 70.2 Å². The average Bonchev–Trinajstić information content (AvgIpc) is 2.23. The van der Waals surface area contributed by atoms with E-state index < -0.39 is 0 Å². The van der Waals surface area contributed by atoms with Crippen molar-refractivity contribution >= 4 is 0 Å². The number of rotatable bonds is 4. The molecule has 3 nitrogen and oxygen atoms in total. The molecule has 2 atom stereocenters. The lowest BCUT2D eigenvalue weighted by Gasteiger charge is -2.51. The fraction of sp³-hybridized carbons (Fsp3) is 1.00. The monoisotopic (exact) mass is 226 g/mol. The zero-order chi connectivity index (χ0) is 11.5. The zero-order valence-corrected chi connectivity index (χ0v) is 10.7. The predicted molar refractivity (Wildman–Crippen MR) is 66.4 cm³/mol. The highest BCUT2D eigenvalue weighted by atomic mass is 16.5. The van der Waals surface area contributed by atoms with Crippen LogP contribution in [0.4, 0.5) is 0 Å². The molecule has 0 aromatic heterocycles. The molecule has 2 unspecified atom stereocenters. The Labute approximate surface area is 99.3 Å². The topological polar surface area (TPSA) is 38.5 Å². The fourth-order valence-corrected chi connectivity index (χ4v) is 3.36. The maximum atomic E-state index is 5.89. The first kappa shape index (κ1) is 12.3. The second-order valence-electron chi connectivity index (χ2n) is 5.32. The Morgan fingerprint density at radius 3 is 2.69 bits per heavy atom. The third kappa shape index (κ3) is 2.41. The summed E-state index contributed by atoms with van der Waals surface area (Å²) >= 11 is 0. The molecule has 0 radical (unpaired) electrons. The summed E-state index contributed by atoms with van der Waals surface area (Å²) in [5, 5.41) is 0. The third-order valence-electron chi connectivity index (χ3n) is 4.26. The number of hydrogen-bond donors (Lipinski definition) is 1. The summed E-state index contributed by atoms with van der Waals surface area (Å²) in [5.74, 6) is 0. The Kier molecular flexibility index (Phi) is 4.22. The van der Waals surface area contributed by atoms with Gasteiger partial charge in [-0.3, -0.25) is 4.90 Å². The van der Waals surface area contributed by atoms with Crippen molar-refractivity contribution in [2.24, 2.45) is 5.73 Å². The van der Waals surface area contributed by atoms with Crippen molar-refractivity contribution in [3.8, 4) is 0 Å². The van der Waals surface area contributed by atoms with Gasteiger partial charge in [0.25, 0.3) is 0 Å². The van der Waals surface area contributed by atoms with E-state index in [0.717, 1.165) is 25.2 Å². The first-order valence-electron chi connectivity index (χ1n) is 6.85. The largest absolute Gasteiger partial charge is 0.378 e. The lowest BCUT2D eigenvalue weighted by atomic mass is 9.83. The van der Waals surface area contributed by atoms with Gasteiger partial charge < -0.3 is 10.5 Å². The van der Waals surface area contributed by atoms with Crippen molar-refractivity contribution in [1.82, 2.24) is 4.90 Å². The van der Waals surface area contributed by atoms with E-state index in [1.54, 1.807) is 0 Å². The minimum Gasteiger partial charge on any atom is -0.378 e. The van der Waals surface area contributed by atoms with Crippen LogP contribution in [0.3, 0.4) is 0 Å². The lowest BCUT2D eigenvalue weighted by Crippen LogP contribution is -2.59. The number of ether oxygens (including phenoxy) is 1. The highest BCUT2D eigenvalue weighted by Crippen LogP contribution is 2.35. The number of hydrogen-bond acceptors (Lipinski definition) is 3. The SMILES string of the molecule is CCOC1CC(N2C(C)CCCC2CN)C1. The molecule has 2 aliphatic rings. The molecular formula is C13H26N2O. The molecule has 0 aromatic rings. The Morgan fingerprint density at radius 2 is 2.06 bits per heavy atom. The minimum absolute atomic E-state index is 0.516. The maximum absolute atomic E-state index is 5.89. The Bertz CT molecular complexity index is 216. The Balaban J connectivity index is 1.87. The zero-order valence-electron chi connectivity index (χ0n) is 10.7. The summed E-state index contributed by atoms with van der Waals surface area (Å²) in [4.78, 5) is 2.68. The molecule has 2 fully saturated rings. The van der Waals surface area contributed by atoms with Crippen LogP contribution in [-0.4, -0.2) is 42.3 Å². The summed E-state index contributed by atoms with van der Waals surface area (Å²) in [6.45, 7) is 6.11. The second-order valence-corrected chi connectivity index (χ2v) is 5.32. The van der Waals surface area contributed by atoms with Crippen molar-refractivity contribution < 1.29 is 4.74 Å². The summed E-state index contributed by atoms with van der Waals surface area (Å²) in [5.41, 5.74) is 5.89. The number of likely N-dealkylation sites (tertiary alicyclic amines) is 1. The van der Waals surface area contributed by atoms with Gasteiger partial charge in [-0.2, -0.15) is 0 Å². The molecule has 2 rings (SSSR count). The molecule has 0 bridgehead atoms. The third-order valence-corrected chi connectivity index (χ3v) is 4.26. The summed E-state index contributed by atoms with van der Waals surface area (Å²) in [7, 11) is 0. The van der Waals surface area contributed by atoms with E-state index in [1.807, 2.05) is 0 Å². The number of nitrogens with two attached hydrogens (primary N) is 1. The van der Waals surface area contributed by atoms with Gasteiger partial charge in [0, 0.05) is 31.3 Å². The Morgan fingerprint density at radius 1 is 1.31 bits per heavy atom. The van der Waals surface area contributed by atoms with E-state index in [4.69, 9.17) is 10.5 Å². The molecular weight excluding hydrogens is 200 g/mol. The second kappa shape index (κ2) is 5.48. The van der Waals surface area contributed by atoms with Gasteiger partial charge in [0.1, 0.15) is 0 Å². The van der Waals surface area contributed by atoms with Crippen molar-refractivity contribution in [3.63, 3.8) is 0 Å². The molecule has 1 heterocycles. The summed E-state index contributed by atoms with van der Waals surface area (Å²) in [6.07, 6.45) is 6.93. The molecule has 3 heteroatoms. The summed E-state index contributed by atoms with van der Waals surface area (Å²) in [6, 6.07) is 2.08. The van der Waals surface area contributed by atoms with E-state index in [0.29, 0.717) is 12.1 Å². The van der Waals surface area contributed by atoms with Gasteiger partial charge >= 0.3 is 0 Å². The smallest absolute Gasteiger partial charge is 0.0604 e. The van der Waals surface area contributed by atoms with Crippen molar-refractivity contribution in [1.29, 1.82) is 0 Å². The highest BCUT2D eigenvalue weighted by molar-refractivity contribution is 4.95. The number of nitrogens with zero attached hydrogens (tertiary/aromatic N) is 1. The molecule has 1 saturated heterocycles. The first-order chi connectivity index (χ1) is 7.76. The van der Waals surface area contributed by atoms with Crippen LogP contribution in [0.5, 0.6) is 0 Å². The van der Waals surface area contributed by atoms with Crippen LogP contribution in [0.25, 0.3) is 0 Å². The molecule has 1 aliphatic carbocycles. The van der Waals surface area contributed by atoms with Crippen molar-refractivity contribution in [3.05, 3.63) is 0 Å². The van der Waals surface area contributed by atoms with Gasteiger partial charge in [0.2, 0.25) is 0 Å². The van der Waals surface area contributed by atoms with Crippen LogP contribution in [0, 0.1) is 0 Å². The van der Waals surface area contributed by atoms with Gasteiger partial charge in [-0.05, 0) is 39.5 Å². The van der Waals surface area contributed by atoms with Crippen LogP contribution in [0.1, 0.15) is 46.0 Å². The Hall–Kier alpha value is -0.120. The van der Waals surface area contributed by atoms with Gasteiger partial charge in [0.05, 0.1) is 6.10 Å². The van der Waals surface area contributed by atoms with Crippen LogP contribution >= 0.6 is 0 Å². The lowest BCUT2D eigenvalue weighted by molar-refractivity contribution is -0.0775. The van der Waals surface area contributed by atoms with Gasteiger partial charge in [0.15, 0.2) is 0 Å². The quantitative estimate of drug-likeness (QED) is 0.794. The molecule has 0 spiro atoms. The van der Waals surface area contributed by atoms with Gasteiger partial charge in [-0.1, -0.05) is 6.42 Å². The van der Waals surface area contributed by atoms with Crippen LogP contribution in [0.2, 0.25) is 0 Å². The van der Waals surface area contributed by atoms with Crippen LogP contribution in [0.15, 0.2) is 0 Å². The minimum atomic E-state index is 0.516. The van der Waals surface area contributed by atoms with E-state index in [9.17, 15) is 0 Å². The van der Waals surface area contributed by atoms with Crippen molar-refractivity contribution in [2.75, 3.05) is 13.2 Å². The van der Waals surface area contributed by atoms with Gasteiger partial charge in [-0.15, -0.1) is 0 Å². The van der Waals surface area contributed by atoms with Crippen LogP contribution in [-0.2, 0) is 4.74 Å². The molecule has 94 valence electrons. The van der Waals surface area contributed by atoms with E-state index in [1.165, 1.54) is 32.1 Å². The van der Waals surface area contributed by atoms with E-state index >= 15 is 0 Å². The molecule has 16 heavy (non-hydrogen) atoms. The molecule has 2 N–H and O–H groups in total. The fourth-order valence-electron chi connectivity index (χ4n) is 3.36.